The molecular weight excluding hydrogens is 847 g/mol. The summed E-state index contributed by atoms with van der Waals surface area (Å²) in [6.07, 6.45) is 0. The highest BCUT2D eigenvalue weighted by Gasteiger charge is 2.47. The van der Waals surface area contributed by atoms with E-state index in [9.17, 15) is 0 Å². The van der Waals surface area contributed by atoms with Crippen LogP contribution in [-0.4, -0.2) is 0 Å². The third kappa shape index (κ3) is 5.74. The smallest absolute Gasteiger partial charge is 0.143 e. The maximum Gasteiger partial charge on any atom is 0.143 e. The first kappa shape index (κ1) is 40.4. The number of hydrogen-bond acceptors (Lipinski definition) is 2. The molecule has 70 heavy (non-hydrogen) atoms. The highest BCUT2D eigenvalue weighted by atomic mass is 16.3. The third-order valence-electron chi connectivity index (χ3n) is 15.5. The monoisotopic (exact) mass is 893 g/mol. The molecule has 2 heteroatoms. The standard InChI is InChI=1S/C68H47NO/c1-67(2)58-34-19-17-31-51(58)52-39-38-49(42-60(52)67)69(48-28-13-6-14-29-48)62-36-21-37-63-65(62)57-43-55(50-30-15-16-32-53(50)66(57)70-63)45-40-56(44-22-7-3-8-23-44)64-54-33-18-20-35-59(54)68(61(64)41-45,46-24-9-4-10-25-46)47-26-11-5-12-27-47/h3-43H,1-2H3. The average Bonchev–Trinajstić information content (AvgIpc) is 4.03. The molecule has 0 bridgehead atoms. The molecule has 0 N–H and O–H groups in total. The summed E-state index contributed by atoms with van der Waals surface area (Å²) in [5, 5.41) is 4.39. The molecule has 2 aliphatic rings. The van der Waals surface area contributed by atoms with E-state index in [1.165, 1.54) is 66.8 Å². The van der Waals surface area contributed by atoms with Gasteiger partial charge in [-0.15, -0.1) is 0 Å². The third-order valence-corrected chi connectivity index (χ3v) is 15.5. The quantitative estimate of drug-likeness (QED) is 0.158. The summed E-state index contributed by atoms with van der Waals surface area (Å²) >= 11 is 0. The second-order valence-corrected chi connectivity index (χ2v) is 19.5. The van der Waals surface area contributed by atoms with Crippen molar-refractivity contribution in [2.45, 2.75) is 24.7 Å². The molecule has 1 aromatic heterocycles. The predicted molar refractivity (Wildman–Crippen MR) is 292 cm³/mol. The van der Waals surface area contributed by atoms with E-state index >= 15 is 0 Å². The lowest BCUT2D eigenvalue weighted by Gasteiger charge is -2.34. The number of para-hydroxylation sites is 1. The Hall–Kier alpha value is -8.72. The van der Waals surface area contributed by atoms with E-state index in [1.807, 2.05) is 0 Å². The van der Waals surface area contributed by atoms with Crippen LogP contribution in [0.3, 0.4) is 0 Å². The van der Waals surface area contributed by atoms with Crippen molar-refractivity contribution in [3.63, 3.8) is 0 Å². The van der Waals surface area contributed by atoms with Gasteiger partial charge in [0.2, 0.25) is 0 Å². The molecule has 0 spiro atoms. The Kier molecular flexibility index (Phi) is 8.88. The largest absolute Gasteiger partial charge is 0.455 e. The van der Waals surface area contributed by atoms with Gasteiger partial charge in [0.15, 0.2) is 0 Å². The molecule has 0 saturated heterocycles. The minimum atomic E-state index is -0.578. The Labute approximate surface area is 408 Å². The van der Waals surface area contributed by atoms with Crippen LogP contribution >= 0.6 is 0 Å². The van der Waals surface area contributed by atoms with Crippen molar-refractivity contribution in [3.8, 4) is 44.5 Å². The predicted octanol–water partition coefficient (Wildman–Crippen LogP) is 18.2. The normalized spacial score (nSPS) is 13.8. The van der Waals surface area contributed by atoms with E-state index in [2.05, 4.69) is 267 Å². The van der Waals surface area contributed by atoms with Gasteiger partial charge in [-0.1, -0.05) is 208 Å². The Balaban J connectivity index is 1.06. The summed E-state index contributed by atoms with van der Waals surface area (Å²) in [5.74, 6) is 0. The number of anilines is 3. The van der Waals surface area contributed by atoms with Gasteiger partial charge < -0.3 is 9.32 Å². The Morgan fingerprint density at radius 3 is 1.69 bits per heavy atom. The summed E-state index contributed by atoms with van der Waals surface area (Å²) in [6, 6.07) is 91.8. The fourth-order valence-corrected chi connectivity index (χ4v) is 12.5. The van der Waals surface area contributed by atoms with Crippen LogP contribution in [0, 0.1) is 0 Å². The molecule has 0 aliphatic heterocycles. The van der Waals surface area contributed by atoms with E-state index in [0.29, 0.717) is 0 Å². The number of furan rings is 1. The van der Waals surface area contributed by atoms with Gasteiger partial charge in [0.05, 0.1) is 16.5 Å². The van der Waals surface area contributed by atoms with Crippen LogP contribution in [0.15, 0.2) is 253 Å². The number of nitrogens with zero attached hydrogens (tertiary/aromatic N) is 1. The second kappa shape index (κ2) is 15.4. The highest BCUT2D eigenvalue weighted by Crippen LogP contribution is 2.60. The molecule has 0 radical (unpaired) electrons. The molecule has 0 fully saturated rings. The molecule has 14 rings (SSSR count). The number of rotatable bonds is 7. The van der Waals surface area contributed by atoms with Gasteiger partial charge in [0.25, 0.3) is 0 Å². The molecule has 0 atom stereocenters. The van der Waals surface area contributed by atoms with Gasteiger partial charge in [-0.3, -0.25) is 0 Å². The number of fused-ring (bicyclic) bond motifs is 11. The number of hydrogen-bond donors (Lipinski definition) is 0. The molecule has 330 valence electrons. The van der Waals surface area contributed by atoms with Gasteiger partial charge in [-0.2, -0.15) is 0 Å². The molecule has 2 aliphatic carbocycles. The molecule has 0 saturated carbocycles. The van der Waals surface area contributed by atoms with Crippen LogP contribution in [0.5, 0.6) is 0 Å². The van der Waals surface area contributed by atoms with Crippen molar-refractivity contribution >= 4 is 49.8 Å². The van der Waals surface area contributed by atoms with Crippen molar-refractivity contribution in [2.75, 3.05) is 4.90 Å². The SMILES string of the molecule is CC1(C)c2ccccc2-c2ccc(N(c3ccccc3)c3cccc4oc5c6ccccc6c(-c6cc(-c7ccccc7)c7c(c6)C(c6ccccc6)(c6ccccc6)c6ccccc6-7)cc5c34)cc21. The molecule has 11 aromatic carbocycles. The zero-order chi connectivity index (χ0) is 46.6. The van der Waals surface area contributed by atoms with Crippen LogP contribution < -0.4 is 4.90 Å². The summed E-state index contributed by atoms with van der Waals surface area (Å²) in [4.78, 5) is 2.43. The maximum atomic E-state index is 7.10. The fraction of sp³-hybridized carbons (Fsp3) is 0.0588. The van der Waals surface area contributed by atoms with Gasteiger partial charge in [0.1, 0.15) is 11.2 Å². The van der Waals surface area contributed by atoms with Crippen LogP contribution in [0.1, 0.15) is 47.2 Å². The van der Waals surface area contributed by atoms with Crippen molar-refractivity contribution in [3.05, 3.63) is 282 Å². The zero-order valence-electron chi connectivity index (χ0n) is 39.0. The van der Waals surface area contributed by atoms with Crippen molar-refractivity contribution < 1.29 is 4.42 Å². The first-order valence-electron chi connectivity index (χ1n) is 24.4. The fourth-order valence-electron chi connectivity index (χ4n) is 12.5. The first-order chi connectivity index (χ1) is 34.5. The lowest BCUT2D eigenvalue weighted by molar-refractivity contribution is 0.660. The summed E-state index contributed by atoms with van der Waals surface area (Å²) in [7, 11) is 0. The molecular formula is C68H47NO. The summed E-state index contributed by atoms with van der Waals surface area (Å²) in [6.45, 7) is 4.71. The Bertz CT molecular complexity index is 3980. The van der Waals surface area contributed by atoms with Gasteiger partial charge >= 0.3 is 0 Å². The van der Waals surface area contributed by atoms with E-state index < -0.39 is 5.41 Å². The topological polar surface area (TPSA) is 16.4 Å². The van der Waals surface area contributed by atoms with Crippen LogP contribution in [-0.2, 0) is 10.8 Å². The van der Waals surface area contributed by atoms with E-state index in [4.69, 9.17) is 4.42 Å². The zero-order valence-corrected chi connectivity index (χ0v) is 39.0. The van der Waals surface area contributed by atoms with Crippen LogP contribution in [0.4, 0.5) is 17.1 Å². The van der Waals surface area contributed by atoms with E-state index in [0.717, 1.165) is 60.9 Å². The second-order valence-electron chi connectivity index (χ2n) is 19.5. The number of benzene rings is 11. The van der Waals surface area contributed by atoms with Crippen molar-refractivity contribution in [2.24, 2.45) is 0 Å². The summed E-state index contributed by atoms with van der Waals surface area (Å²) in [5.41, 5.74) is 21.9. The summed E-state index contributed by atoms with van der Waals surface area (Å²) < 4.78 is 7.10. The highest BCUT2D eigenvalue weighted by molar-refractivity contribution is 6.23. The van der Waals surface area contributed by atoms with Crippen LogP contribution in [0.2, 0.25) is 0 Å². The van der Waals surface area contributed by atoms with Crippen LogP contribution in [0.25, 0.3) is 77.2 Å². The van der Waals surface area contributed by atoms with E-state index in [-0.39, 0.29) is 5.41 Å². The molecule has 2 nitrogen and oxygen atoms in total. The van der Waals surface area contributed by atoms with E-state index in [1.54, 1.807) is 0 Å². The van der Waals surface area contributed by atoms with Crippen molar-refractivity contribution in [1.29, 1.82) is 0 Å². The van der Waals surface area contributed by atoms with Crippen molar-refractivity contribution in [1.82, 2.24) is 0 Å². The molecule has 1 heterocycles. The first-order valence-corrected chi connectivity index (χ1v) is 24.4. The average molecular weight is 894 g/mol. The minimum absolute atomic E-state index is 0.152. The minimum Gasteiger partial charge on any atom is -0.455 e. The lowest BCUT2D eigenvalue weighted by atomic mass is 9.67. The van der Waals surface area contributed by atoms with Gasteiger partial charge in [-0.25, -0.2) is 0 Å². The van der Waals surface area contributed by atoms with Gasteiger partial charge in [0, 0.05) is 27.6 Å². The Morgan fingerprint density at radius 2 is 0.957 bits per heavy atom. The molecule has 0 amide bonds. The molecule has 0 unspecified atom stereocenters. The maximum absolute atomic E-state index is 7.10. The lowest BCUT2D eigenvalue weighted by Crippen LogP contribution is -2.28. The van der Waals surface area contributed by atoms with Gasteiger partial charge in [-0.05, 0) is 138 Å². The Morgan fingerprint density at radius 1 is 0.357 bits per heavy atom. The molecule has 12 aromatic rings.